The number of rotatable bonds is 1. The number of ether oxygens (including phenoxy) is 5. The highest BCUT2D eigenvalue weighted by molar-refractivity contribution is 5.19. The Hall–Kier alpha value is -0.460. The van der Waals surface area contributed by atoms with Gasteiger partial charge in [-0.15, -0.1) is 0 Å². The van der Waals surface area contributed by atoms with E-state index in [1.165, 1.54) is 0 Å². The second kappa shape index (κ2) is 4.27. The molecule has 3 saturated heterocycles. The number of hydrogen-bond acceptors (Lipinski definition) is 5. The molecule has 0 aromatic carbocycles. The van der Waals surface area contributed by atoms with Gasteiger partial charge in [0.1, 0.15) is 12.2 Å². The second-order valence-corrected chi connectivity index (χ2v) is 6.25. The van der Waals surface area contributed by atoms with Crippen molar-refractivity contribution < 1.29 is 23.7 Å². The fourth-order valence-corrected chi connectivity index (χ4v) is 2.89. The van der Waals surface area contributed by atoms with Gasteiger partial charge in [-0.05, 0) is 33.3 Å². The first-order valence-corrected chi connectivity index (χ1v) is 6.79. The first kappa shape index (κ1) is 13.5. The minimum atomic E-state index is -0.612. The molecule has 3 fully saturated rings. The van der Waals surface area contributed by atoms with E-state index in [1.807, 2.05) is 27.7 Å². The topological polar surface area (TPSA) is 46.2 Å². The molecule has 3 rings (SSSR count). The summed E-state index contributed by atoms with van der Waals surface area (Å²) >= 11 is 0. The molecule has 108 valence electrons. The van der Waals surface area contributed by atoms with Gasteiger partial charge >= 0.3 is 0 Å². The van der Waals surface area contributed by atoms with Gasteiger partial charge in [-0.2, -0.15) is 0 Å². The predicted molar refractivity (Wildman–Crippen MR) is 67.4 cm³/mol. The average Bonchev–Trinajstić information content (AvgIpc) is 2.72. The monoisotopic (exact) mass is 270 g/mol. The summed E-state index contributed by atoms with van der Waals surface area (Å²) in [7, 11) is 0. The molecule has 3 aliphatic rings. The lowest BCUT2D eigenvalue weighted by atomic mass is 10.0. The lowest BCUT2D eigenvalue weighted by Crippen LogP contribution is -2.46. The molecule has 0 spiro atoms. The first-order valence-electron chi connectivity index (χ1n) is 6.79. The van der Waals surface area contributed by atoms with Crippen LogP contribution in [0.4, 0.5) is 0 Å². The molecular formula is C14H22O5. The Morgan fingerprint density at radius 2 is 1.74 bits per heavy atom. The molecule has 3 aliphatic heterocycles. The maximum Gasteiger partial charge on any atom is 0.191 e. The summed E-state index contributed by atoms with van der Waals surface area (Å²) in [5.41, 5.74) is 0.901. The zero-order chi connectivity index (χ0) is 13.8. The predicted octanol–water partition coefficient (Wildman–Crippen LogP) is 1.96. The van der Waals surface area contributed by atoms with E-state index < -0.39 is 11.6 Å². The Labute approximate surface area is 113 Å². The van der Waals surface area contributed by atoms with Gasteiger partial charge in [0, 0.05) is 6.42 Å². The fraction of sp³-hybridized carbons (Fsp3) is 0.857. The molecule has 3 heterocycles. The molecule has 0 bridgehead atoms. The van der Waals surface area contributed by atoms with Crippen LogP contribution in [0, 0.1) is 0 Å². The van der Waals surface area contributed by atoms with Crippen LogP contribution in [-0.2, 0) is 23.7 Å². The second-order valence-electron chi connectivity index (χ2n) is 6.25. The number of hydrogen-bond donors (Lipinski definition) is 0. The Bertz CT molecular complexity index is 389. The lowest BCUT2D eigenvalue weighted by Gasteiger charge is -2.38. The Morgan fingerprint density at radius 1 is 1.00 bits per heavy atom. The van der Waals surface area contributed by atoms with E-state index >= 15 is 0 Å². The van der Waals surface area contributed by atoms with Crippen molar-refractivity contribution >= 4 is 0 Å². The fourth-order valence-electron chi connectivity index (χ4n) is 2.89. The molecule has 5 nitrogen and oxygen atoms in total. The Morgan fingerprint density at radius 3 is 2.37 bits per heavy atom. The van der Waals surface area contributed by atoms with Gasteiger partial charge in [0.2, 0.25) is 0 Å². The van der Waals surface area contributed by atoms with Crippen LogP contribution in [0.25, 0.3) is 0 Å². The lowest BCUT2D eigenvalue weighted by molar-refractivity contribution is -0.296. The van der Waals surface area contributed by atoms with Gasteiger partial charge in [-0.1, -0.05) is 6.58 Å². The molecule has 0 amide bonds. The van der Waals surface area contributed by atoms with Crippen LogP contribution in [0.5, 0.6) is 0 Å². The van der Waals surface area contributed by atoms with Gasteiger partial charge in [-0.3, -0.25) is 0 Å². The van der Waals surface area contributed by atoms with Crippen molar-refractivity contribution in [2.45, 2.75) is 70.3 Å². The van der Waals surface area contributed by atoms with E-state index in [4.69, 9.17) is 23.7 Å². The highest BCUT2D eigenvalue weighted by Gasteiger charge is 2.53. The Balaban J connectivity index is 1.70. The summed E-state index contributed by atoms with van der Waals surface area (Å²) in [5, 5.41) is 0. The minimum Gasteiger partial charge on any atom is -0.350 e. The molecule has 0 saturated carbocycles. The normalized spacial score (nSPS) is 44.3. The van der Waals surface area contributed by atoms with E-state index in [0.717, 1.165) is 12.0 Å². The van der Waals surface area contributed by atoms with Crippen molar-refractivity contribution in [1.82, 2.24) is 0 Å². The van der Waals surface area contributed by atoms with Crippen molar-refractivity contribution in [3.8, 4) is 0 Å². The average molecular weight is 270 g/mol. The first-order chi connectivity index (χ1) is 8.77. The van der Waals surface area contributed by atoms with E-state index in [2.05, 4.69) is 6.58 Å². The molecule has 0 radical (unpaired) electrons. The van der Waals surface area contributed by atoms with Crippen LogP contribution in [0.2, 0.25) is 0 Å². The highest BCUT2D eigenvalue weighted by atomic mass is 16.8. The van der Waals surface area contributed by atoms with Crippen LogP contribution in [-0.4, -0.2) is 42.8 Å². The van der Waals surface area contributed by atoms with E-state index in [-0.39, 0.29) is 24.6 Å². The van der Waals surface area contributed by atoms with Gasteiger partial charge in [0.05, 0.1) is 12.7 Å². The van der Waals surface area contributed by atoms with Crippen molar-refractivity contribution in [2.75, 3.05) is 6.61 Å². The minimum absolute atomic E-state index is 0.0582. The highest BCUT2D eigenvalue weighted by Crippen LogP contribution is 2.42. The van der Waals surface area contributed by atoms with Crippen LogP contribution in [0.3, 0.4) is 0 Å². The van der Waals surface area contributed by atoms with E-state index in [1.54, 1.807) is 0 Å². The maximum absolute atomic E-state index is 5.94. The number of fused-ring (bicyclic) bond motifs is 1. The molecule has 0 aliphatic carbocycles. The van der Waals surface area contributed by atoms with Crippen LogP contribution >= 0.6 is 0 Å². The maximum atomic E-state index is 5.94. The molecule has 19 heavy (non-hydrogen) atoms. The Kier molecular flexibility index (Phi) is 3.04. The summed E-state index contributed by atoms with van der Waals surface area (Å²) in [6.45, 7) is 12.4. The van der Waals surface area contributed by atoms with E-state index in [9.17, 15) is 0 Å². The summed E-state index contributed by atoms with van der Waals surface area (Å²) in [4.78, 5) is 0. The zero-order valence-electron chi connectivity index (χ0n) is 12.0. The van der Waals surface area contributed by atoms with Crippen LogP contribution in [0.1, 0.15) is 34.1 Å². The third-order valence-corrected chi connectivity index (χ3v) is 3.69. The summed E-state index contributed by atoms with van der Waals surface area (Å²) < 4.78 is 29.0. The molecule has 4 atom stereocenters. The third-order valence-electron chi connectivity index (χ3n) is 3.69. The summed E-state index contributed by atoms with van der Waals surface area (Å²) in [5.74, 6) is -1.19. The van der Waals surface area contributed by atoms with Gasteiger partial charge in [0.15, 0.2) is 17.9 Å². The molecule has 4 unspecified atom stereocenters. The molecule has 0 aromatic rings. The van der Waals surface area contributed by atoms with Crippen molar-refractivity contribution in [1.29, 1.82) is 0 Å². The largest absolute Gasteiger partial charge is 0.350 e. The van der Waals surface area contributed by atoms with Gasteiger partial charge in [0.25, 0.3) is 0 Å². The molecule has 0 N–H and O–H groups in total. The molecular weight excluding hydrogens is 248 g/mol. The van der Waals surface area contributed by atoms with E-state index in [0.29, 0.717) is 6.61 Å². The smallest absolute Gasteiger partial charge is 0.191 e. The standard InChI is InChI=1S/C14H22O5/c1-8-10(9-6-7-15-13(2,3)17-9)16-12-11(8)18-14(4,5)19-12/h9-12H,1,6-7H2,2-5H3. The van der Waals surface area contributed by atoms with Gasteiger partial charge < -0.3 is 23.7 Å². The van der Waals surface area contributed by atoms with Crippen LogP contribution in [0.15, 0.2) is 12.2 Å². The van der Waals surface area contributed by atoms with Crippen molar-refractivity contribution in [3.05, 3.63) is 12.2 Å². The SMILES string of the molecule is C=C1C(C2CCOC(C)(C)O2)OC2OC(C)(C)OC12. The third kappa shape index (κ3) is 2.45. The van der Waals surface area contributed by atoms with Crippen molar-refractivity contribution in [3.63, 3.8) is 0 Å². The van der Waals surface area contributed by atoms with Gasteiger partial charge in [-0.25, -0.2) is 0 Å². The quantitative estimate of drug-likeness (QED) is 0.682. The summed E-state index contributed by atoms with van der Waals surface area (Å²) in [6.07, 6.45) is -0.0290. The van der Waals surface area contributed by atoms with Crippen LogP contribution < -0.4 is 0 Å². The zero-order valence-corrected chi connectivity index (χ0v) is 12.0. The summed E-state index contributed by atoms with van der Waals surface area (Å²) in [6, 6.07) is 0. The van der Waals surface area contributed by atoms with Crippen molar-refractivity contribution in [2.24, 2.45) is 0 Å². The molecule has 5 heteroatoms. The molecule has 0 aromatic heterocycles.